The second-order valence-electron chi connectivity index (χ2n) is 14.9. The van der Waals surface area contributed by atoms with Gasteiger partial charge in [0.2, 0.25) is 0 Å². The second-order valence-corrected chi connectivity index (χ2v) is 14.9. The van der Waals surface area contributed by atoms with Gasteiger partial charge in [0.05, 0.1) is 22.7 Å². The van der Waals surface area contributed by atoms with Crippen molar-refractivity contribution in [3.8, 4) is 0 Å². The van der Waals surface area contributed by atoms with E-state index in [-0.39, 0.29) is 51.5 Å². The van der Waals surface area contributed by atoms with E-state index in [2.05, 4.69) is 54.5 Å². The Morgan fingerprint density at radius 1 is 0.971 bits per heavy atom. The summed E-state index contributed by atoms with van der Waals surface area (Å²) < 4.78 is 13.0. The monoisotopic (exact) mass is 470 g/mol. The highest BCUT2D eigenvalue weighted by Crippen LogP contribution is 2.76. The van der Waals surface area contributed by atoms with Gasteiger partial charge in [-0.15, -0.1) is 0 Å². The van der Waals surface area contributed by atoms with Crippen LogP contribution in [0.2, 0.25) is 0 Å². The fourth-order valence-corrected chi connectivity index (χ4v) is 11.0. The molecule has 1 N–H and O–H groups in total. The number of esters is 1. The maximum Gasteiger partial charge on any atom is 0.313 e. The molecule has 2 saturated heterocycles. The predicted octanol–water partition coefficient (Wildman–Crippen LogP) is 6.21. The fraction of sp³-hybridized carbons (Fsp3) is 0.900. The van der Waals surface area contributed by atoms with Crippen LogP contribution in [0.25, 0.3) is 0 Å². The van der Waals surface area contributed by atoms with Crippen molar-refractivity contribution in [2.24, 2.45) is 39.4 Å². The number of ether oxygens (including phenoxy) is 2. The van der Waals surface area contributed by atoms with Gasteiger partial charge in [0.15, 0.2) is 0 Å². The van der Waals surface area contributed by atoms with Crippen LogP contribution < -0.4 is 0 Å². The SMILES string of the molecule is CC1(C)CCC[C@](C)(C2C3C[C@@]4(C)C5CCC6C(C)(C)[C@@H](O)CC[C@]6(C)C5=CCC24C(=O)O3)O1. The van der Waals surface area contributed by atoms with Crippen LogP contribution in [0.5, 0.6) is 0 Å². The Morgan fingerprint density at radius 3 is 2.41 bits per heavy atom. The third kappa shape index (κ3) is 2.61. The molecule has 2 heterocycles. The first kappa shape index (κ1) is 23.5. The van der Waals surface area contributed by atoms with Crippen molar-refractivity contribution in [3.63, 3.8) is 0 Å². The van der Waals surface area contributed by atoms with Crippen molar-refractivity contribution < 1.29 is 19.4 Å². The zero-order valence-electron chi connectivity index (χ0n) is 22.5. The van der Waals surface area contributed by atoms with E-state index < -0.39 is 5.41 Å². The molecule has 0 aromatic rings. The topological polar surface area (TPSA) is 55.8 Å². The molecule has 0 aromatic heterocycles. The molecule has 9 atom stereocenters. The smallest absolute Gasteiger partial charge is 0.313 e. The molecule has 0 amide bonds. The predicted molar refractivity (Wildman–Crippen MR) is 132 cm³/mol. The minimum absolute atomic E-state index is 0.0284. The molecule has 4 heteroatoms. The van der Waals surface area contributed by atoms with Crippen molar-refractivity contribution >= 4 is 5.97 Å². The summed E-state index contributed by atoms with van der Waals surface area (Å²) in [5.41, 5.74) is 0.627. The van der Waals surface area contributed by atoms with Gasteiger partial charge in [0, 0.05) is 5.92 Å². The molecule has 5 unspecified atom stereocenters. The van der Waals surface area contributed by atoms with Crippen LogP contribution in [0.15, 0.2) is 11.6 Å². The Labute approximate surface area is 206 Å². The molecule has 3 saturated carbocycles. The average Bonchev–Trinajstić information content (AvgIpc) is 3.15. The molecule has 2 bridgehead atoms. The van der Waals surface area contributed by atoms with Crippen LogP contribution in [0.1, 0.15) is 106 Å². The van der Waals surface area contributed by atoms with E-state index in [0.29, 0.717) is 11.8 Å². The number of rotatable bonds is 1. The largest absolute Gasteiger partial charge is 0.461 e. The highest BCUT2D eigenvalue weighted by atomic mass is 16.6. The number of hydrogen-bond donors (Lipinski definition) is 1. The van der Waals surface area contributed by atoms with Gasteiger partial charge in [-0.25, -0.2) is 0 Å². The van der Waals surface area contributed by atoms with Gasteiger partial charge >= 0.3 is 5.97 Å². The van der Waals surface area contributed by atoms with Gasteiger partial charge in [0.1, 0.15) is 6.10 Å². The van der Waals surface area contributed by atoms with Crippen molar-refractivity contribution in [2.75, 3.05) is 0 Å². The highest BCUT2D eigenvalue weighted by Gasteiger charge is 2.79. The van der Waals surface area contributed by atoms with Crippen molar-refractivity contribution in [3.05, 3.63) is 11.6 Å². The Hall–Kier alpha value is -0.870. The van der Waals surface area contributed by atoms with Gasteiger partial charge in [-0.3, -0.25) is 4.79 Å². The number of carbonyl (C=O) groups is 1. The summed E-state index contributed by atoms with van der Waals surface area (Å²) in [5.74, 6) is 1.09. The standard InChI is InChI=1S/C30H46O4/c1-25(2)13-8-14-29(7,34-25)23-20-17-28(6)19-9-10-21-26(3,4)22(31)12-15-27(21,5)18(19)11-16-30(23,28)24(32)33-20/h11,19-23,31H,8-10,12-17H2,1-7H3/t19?,20?,21?,22-,23?,27+,28-,29+,30?/m0/s1. The summed E-state index contributed by atoms with van der Waals surface area (Å²) in [6.07, 6.45) is 11.4. The Bertz CT molecular complexity index is 949. The Morgan fingerprint density at radius 2 is 1.71 bits per heavy atom. The van der Waals surface area contributed by atoms with Crippen LogP contribution in [-0.4, -0.2) is 34.5 Å². The van der Waals surface area contributed by atoms with E-state index in [9.17, 15) is 9.90 Å². The van der Waals surface area contributed by atoms with E-state index in [0.717, 1.165) is 57.8 Å². The van der Waals surface area contributed by atoms with Crippen LogP contribution >= 0.6 is 0 Å². The van der Waals surface area contributed by atoms with Crippen LogP contribution in [0, 0.1) is 39.4 Å². The first-order valence-corrected chi connectivity index (χ1v) is 14.0. The van der Waals surface area contributed by atoms with Crippen LogP contribution in [0.4, 0.5) is 0 Å². The lowest BCUT2D eigenvalue weighted by molar-refractivity contribution is -0.211. The van der Waals surface area contributed by atoms with Crippen molar-refractivity contribution in [2.45, 2.75) is 130 Å². The van der Waals surface area contributed by atoms with Gasteiger partial charge in [-0.05, 0) is 107 Å². The van der Waals surface area contributed by atoms with Gasteiger partial charge < -0.3 is 14.6 Å². The number of aliphatic hydroxyl groups excluding tert-OH is 1. The molecule has 6 rings (SSSR count). The van der Waals surface area contributed by atoms with Gasteiger partial charge in [0.25, 0.3) is 0 Å². The van der Waals surface area contributed by atoms with E-state index in [4.69, 9.17) is 9.47 Å². The number of allylic oxidation sites excluding steroid dienone is 2. The first-order chi connectivity index (χ1) is 15.7. The normalized spacial score (nSPS) is 55.0. The summed E-state index contributed by atoms with van der Waals surface area (Å²) in [6.45, 7) is 16.2. The first-order valence-electron chi connectivity index (χ1n) is 14.0. The molecular weight excluding hydrogens is 424 g/mol. The number of hydrogen-bond acceptors (Lipinski definition) is 4. The third-order valence-corrected chi connectivity index (χ3v) is 12.4. The average molecular weight is 471 g/mol. The molecule has 4 nitrogen and oxygen atoms in total. The number of carbonyl (C=O) groups excluding carboxylic acids is 1. The lowest BCUT2D eigenvalue weighted by atomic mass is 9.40. The van der Waals surface area contributed by atoms with E-state index in [1.54, 1.807) is 5.57 Å². The van der Waals surface area contributed by atoms with Crippen LogP contribution in [-0.2, 0) is 14.3 Å². The van der Waals surface area contributed by atoms with E-state index in [1.807, 2.05) is 0 Å². The molecule has 2 aliphatic heterocycles. The zero-order valence-corrected chi connectivity index (χ0v) is 22.5. The minimum Gasteiger partial charge on any atom is -0.461 e. The maximum absolute atomic E-state index is 13.8. The molecular formula is C30H46O4. The molecule has 1 spiro atoms. The lowest BCUT2D eigenvalue weighted by Gasteiger charge is -2.64. The fourth-order valence-electron chi connectivity index (χ4n) is 11.0. The molecule has 6 aliphatic rings. The molecule has 5 fully saturated rings. The van der Waals surface area contributed by atoms with E-state index in [1.165, 1.54) is 0 Å². The molecule has 0 aromatic carbocycles. The molecule has 4 aliphatic carbocycles. The summed E-state index contributed by atoms with van der Waals surface area (Å²) in [7, 11) is 0. The Balaban J connectivity index is 1.44. The highest BCUT2D eigenvalue weighted by molar-refractivity contribution is 5.83. The number of fused-ring (bicyclic) bond motifs is 5. The van der Waals surface area contributed by atoms with Gasteiger partial charge in [-0.2, -0.15) is 0 Å². The molecule has 0 radical (unpaired) electrons. The summed E-state index contributed by atoms with van der Waals surface area (Å²) in [5, 5.41) is 10.9. The van der Waals surface area contributed by atoms with Gasteiger partial charge in [-0.1, -0.05) is 39.3 Å². The van der Waals surface area contributed by atoms with Crippen molar-refractivity contribution in [1.29, 1.82) is 0 Å². The zero-order chi connectivity index (χ0) is 24.5. The van der Waals surface area contributed by atoms with Crippen molar-refractivity contribution in [1.82, 2.24) is 0 Å². The number of aliphatic hydroxyl groups is 1. The minimum atomic E-state index is -0.471. The summed E-state index contributed by atoms with van der Waals surface area (Å²) >= 11 is 0. The summed E-state index contributed by atoms with van der Waals surface area (Å²) in [4.78, 5) is 13.8. The summed E-state index contributed by atoms with van der Waals surface area (Å²) in [6, 6.07) is 0. The molecule has 34 heavy (non-hydrogen) atoms. The third-order valence-electron chi connectivity index (χ3n) is 12.4. The quantitative estimate of drug-likeness (QED) is 0.366. The van der Waals surface area contributed by atoms with Crippen LogP contribution in [0.3, 0.4) is 0 Å². The lowest BCUT2D eigenvalue weighted by Crippen LogP contribution is -2.61. The van der Waals surface area contributed by atoms with E-state index >= 15 is 0 Å². The maximum atomic E-state index is 13.8. The second kappa shape index (κ2) is 6.71. The molecule has 190 valence electrons. The Kier molecular flexibility index (Phi) is 4.64.